The van der Waals surface area contributed by atoms with Crippen molar-refractivity contribution in [3.63, 3.8) is 0 Å². The van der Waals surface area contributed by atoms with Gasteiger partial charge in [0.05, 0.1) is 23.3 Å². The molecule has 0 saturated heterocycles. The van der Waals surface area contributed by atoms with Crippen LogP contribution in [0.15, 0.2) is 53.0 Å². The number of allylic oxidation sites excluding steroid dienone is 1. The van der Waals surface area contributed by atoms with Crippen LogP contribution in [0.4, 0.5) is 0 Å². The van der Waals surface area contributed by atoms with Crippen LogP contribution in [0, 0.1) is 0 Å². The summed E-state index contributed by atoms with van der Waals surface area (Å²) in [5, 5.41) is 32.7. The number of nitrogens with zero attached hydrogens (tertiary/aromatic N) is 1. The fourth-order valence-electron chi connectivity index (χ4n) is 3.11. The first kappa shape index (κ1) is 25.6. The number of rotatable bonds is 12. The van der Waals surface area contributed by atoms with E-state index in [0.717, 1.165) is 17.1 Å². The zero-order chi connectivity index (χ0) is 23.7. The molecule has 3 N–H and O–H groups in total. The lowest BCUT2D eigenvalue weighted by Gasteiger charge is -2.15. The molecule has 2 aromatic rings. The van der Waals surface area contributed by atoms with Gasteiger partial charge in [-0.15, -0.1) is 18.3 Å². The third-order valence-electron chi connectivity index (χ3n) is 4.98. The lowest BCUT2D eigenvalue weighted by molar-refractivity contribution is -0.138. The van der Waals surface area contributed by atoms with Crippen LogP contribution in [-0.4, -0.2) is 39.5 Å². The Morgan fingerprint density at radius 1 is 1.34 bits per heavy atom. The van der Waals surface area contributed by atoms with Gasteiger partial charge in [-0.05, 0) is 56.0 Å². The average molecular weight is 478 g/mol. The van der Waals surface area contributed by atoms with E-state index >= 15 is 0 Å². The molecule has 0 heterocycles. The Kier molecular flexibility index (Phi) is 9.94. The third kappa shape index (κ3) is 6.43. The maximum Gasteiger partial charge on any atom is 0.310 e. The van der Waals surface area contributed by atoms with E-state index in [1.54, 1.807) is 49.0 Å². The number of benzene rings is 2. The number of halogens is 1. The summed E-state index contributed by atoms with van der Waals surface area (Å²) in [6.45, 7) is 7.65. The van der Waals surface area contributed by atoms with E-state index in [1.807, 2.05) is 13.0 Å². The van der Waals surface area contributed by atoms with Crippen LogP contribution in [0.5, 0.6) is 11.5 Å². The summed E-state index contributed by atoms with van der Waals surface area (Å²) in [6, 6.07) is 8.78. The van der Waals surface area contributed by atoms with E-state index in [2.05, 4.69) is 11.7 Å². The number of phenolic OH excluding ortho intramolecular Hbond substituents is 1. The van der Waals surface area contributed by atoms with Gasteiger partial charge in [0.25, 0.3) is 0 Å². The minimum atomic E-state index is -0.886. The molecule has 0 aliphatic carbocycles. The van der Waals surface area contributed by atoms with Gasteiger partial charge in [-0.1, -0.05) is 35.8 Å². The van der Waals surface area contributed by atoms with Crippen LogP contribution in [0.2, 0.25) is 5.02 Å². The first-order valence-electron chi connectivity index (χ1n) is 10.3. The second-order valence-electron chi connectivity index (χ2n) is 7.13. The number of oxime groups is 1. The van der Waals surface area contributed by atoms with Gasteiger partial charge in [0.2, 0.25) is 0 Å². The van der Waals surface area contributed by atoms with Crippen LogP contribution in [-0.2, 0) is 11.2 Å². The smallest absolute Gasteiger partial charge is 0.310 e. The topological polar surface area (TPSA) is 99.4 Å². The minimum absolute atomic E-state index is 0.0360. The molecule has 0 spiro atoms. The van der Waals surface area contributed by atoms with Crippen LogP contribution in [0.3, 0.4) is 0 Å². The molecule has 1 atom stereocenters. The van der Waals surface area contributed by atoms with Gasteiger partial charge in [-0.3, -0.25) is 4.79 Å². The molecule has 0 aliphatic heterocycles. The zero-order valence-corrected chi connectivity index (χ0v) is 19.7. The molecule has 0 aromatic heterocycles. The molecule has 0 bridgehead atoms. The molecule has 8 heteroatoms. The van der Waals surface area contributed by atoms with Crippen molar-refractivity contribution in [2.24, 2.45) is 5.16 Å². The highest BCUT2D eigenvalue weighted by molar-refractivity contribution is 7.99. The fourth-order valence-corrected chi connectivity index (χ4v) is 4.31. The van der Waals surface area contributed by atoms with E-state index in [-0.39, 0.29) is 5.75 Å². The number of carbonyl (C=O) groups is 1. The molecule has 0 saturated carbocycles. The second-order valence-corrected chi connectivity index (χ2v) is 8.68. The molecule has 0 fully saturated rings. The Labute approximate surface area is 197 Å². The lowest BCUT2D eigenvalue weighted by Crippen LogP contribution is -2.07. The normalized spacial score (nSPS) is 12.4. The summed E-state index contributed by atoms with van der Waals surface area (Å²) in [5.74, 6) is -0.137. The SMILES string of the molecule is C=CCc1c(OCCCSc2ccc(C(C)C(=O)O)cc2Cl)ccc(C(CC)=NO)c1O. The number of phenols is 1. The Balaban J connectivity index is 1.97. The predicted molar refractivity (Wildman–Crippen MR) is 129 cm³/mol. The number of carboxylic acid groups (broad SMARTS) is 1. The van der Waals surface area contributed by atoms with Crippen molar-refractivity contribution in [2.75, 3.05) is 12.4 Å². The predicted octanol–water partition coefficient (Wildman–Crippen LogP) is 6.11. The molecule has 0 radical (unpaired) electrons. The molecule has 2 rings (SSSR count). The number of thioether (sulfide) groups is 1. The molecule has 6 nitrogen and oxygen atoms in total. The van der Waals surface area contributed by atoms with Crippen molar-refractivity contribution >= 4 is 35.0 Å². The maximum absolute atomic E-state index is 11.1. The first-order valence-corrected chi connectivity index (χ1v) is 11.6. The molecule has 1 unspecified atom stereocenters. The highest BCUT2D eigenvalue weighted by Crippen LogP contribution is 2.34. The standard InChI is InChI=1S/C24H28ClNO5S/c1-4-7-18-21(10-9-17(23(18)27)20(5-2)26-30)31-12-6-13-32-22-11-8-16(14-19(22)25)15(3)24(28)29/h4,8-11,14-15,27,30H,1,5-7,12-13H2,2-3H3,(H,28,29). The Morgan fingerprint density at radius 3 is 2.69 bits per heavy atom. The van der Waals surface area contributed by atoms with Gasteiger partial charge in [-0.25, -0.2) is 0 Å². The number of aliphatic carboxylic acids is 1. The van der Waals surface area contributed by atoms with Crippen LogP contribution in [0.25, 0.3) is 0 Å². The van der Waals surface area contributed by atoms with Crippen LogP contribution >= 0.6 is 23.4 Å². The van der Waals surface area contributed by atoms with E-state index in [4.69, 9.17) is 26.7 Å². The number of carboxylic acids is 1. The van der Waals surface area contributed by atoms with Crippen molar-refractivity contribution in [3.8, 4) is 11.5 Å². The summed E-state index contributed by atoms with van der Waals surface area (Å²) in [5.41, 5.74) is 2.15. The van der Waals surface area contributed by atoms with Crippen molar-refractivity contribution in [2.45, 2.75) is 43.9 Å². The molecule has 32 heavy (non-hydrogen) atoms. The molecular weight excluding hydrogens is 450 g/mol. The van der Waals surface area contributed by atoms with E-state index in [0.29, 0.717) is 52.6 Å². The van der Waals surface area contributed by atoms with Gasteiger partial charge in [-0.2, -0.15) is 0 Å². The van der Waals surface area contributed by atoms with Crippen LogP contribution < -0.4 is 4.74 Å². The molecule has 2 aromatic carbocycles. The number of aromatic hydroxyl groups is 1. The van der Waals surface area contributed by atoms with Crippen molar-refractivity contribution in [3.05, 3.63) is 64.7 Å². The highest BCUT2D eigenvalue weighted by atomic mass is 35.5. The summed E-state index contributed by atoms with van der Waals surface area (Å²) in [7, 11) is 0. The van der Waals surface area contributed by atoms with Gasteiger partial charge in [0.15, 0.2) is 0 Å². The van der Waals surface area contributed by atoms with Crippen molar-refractivity contribution in [1.82, 2.24) is 0 Å². The van der Waals surface area contributed by atoms with E-state index in [1.165, 1.54) is 0 Å². The van der Waals surface area contributed by atoms with Gasteiger partial charge in [0, 0.05) is 21.8 Å². The number of hydrogen-bond donors (Lipinski definition) is 3. The summed E-state index contributed by atoms with van der Waals surface area (Å²) < 4.78 is 5.90. The lowest BCUT2D eigenvalue weighted by atomic mass is 10.0. The molecule has 0 aliphatic rings. The third-order valence-corrected chi connectivity index (χ3v) is 6.57. The number of ether oxygens (including phenoxy) is 1. The minimum Gasteiger partial charge on any atom is -0.507 e. The highest BCUT2D eigenvalue weighted by Gasteiger charge is 2.17. The van der Waals surface area contributed by atoms with Gasteiger partial charge < -0.3 is 20.2 Å². The summed E-state index contributed by atoms with van der Waals surface area (Å²) in [4.78, 5) is 12.0. The summed E-state index contributed by atoms with van der Waals surface area (Å²) in [6.07, 6.45) is 3.32. The zero-order valence-electron chi connectivity index (χ0n) is 18.2. The van der Waals surface area contributed by atoms with Crippen LogP contribution in [0.1, 0.15) is 49.3 Å². The monoisotopic (exact) mass is 477 g/mol. The van der Waals surface area contributed by atoms with Crippen molar-refractivity contribution < 1.29 is 25.0 Å². The Bertz CT molecular complexity index is 993. The maximum atomic E-state index is 11.1. The summed E-state index contributed by atoms with van der Waals surface area (Å²) >= 11 is 7.89. The van der Waals surface area contributed by atoms with E-state index < -0.39 is 11.9 Å². The van der Waals surface area contributed by atoms with Crippen molar-refractivity contribution in [1.29, 1.82) is 0 Å². The fraction of sp³-hybridized carbons (Fsp3) is 0.333. The Morgan fingerprint density at radius 2 is 2.09 bits per heavy atom. The quantitative estimate of drug-likeness (QED) is 0.0851. The molecule has 172 valence electrons. The average Bonchev–Trinajstić information content (AvgIpc) is 2.78. The second kappa shape index (κ2) is 12.4. The van der Waals surface area contributed by atoms with Gasteiger partial charge >= 0.3 is 5.97 Å². The largest absolute Gasteiger partial charge is 0.507 e. The molecule has 0 amide bonds. The Hall–Kier alpha value is -2.64. The number of hydrogen-bond acceptors (Lipinski definition) is 6. The molecular formula is C24H28ClNO5S. The first-order chi connectivity index (χ1) is 15.3. The van der Waals surface area contributed by atoms with E-state index in [9.17, 15) is 9.90 Å². The van der Waals surface area contributed by atoms with Gasteiger partial charge in [0.1, 0.15) is 11.5 Å².